The van der Waals surface area contributed by atoms with E-state index in [0.717, 1.165) is 4.47 Å². The van der Waals surface area contributed by atoms with E-state index in [9.17, 15) is 4.79 Å². The van der Waals surface area contributed by atoms with Gasteiger partial charge < -0.3 is 9.15 Å². The van der Waals surface area contributed by atoms with Crippen LogP contribution < -0.4 is 0 Å². The molecular weight excluding hydrogens is 413 g/mol. The lowest BCUT2D eigenvalue weighted by molar-refractivity contribution is 0.0601. The van der Waals surface area contributed by atoms with E-state index in [1.54, 1.807) is 24.3 Å². The first-order valence-electron chi connectivity index (χ1n) is 5.38. The van der Waals surface area contributed by atoms with Gasteiger partial charge in [-0.05, 0) is 50.1 Å². The van der Waals surface area contributed by atoms with Crippen LogP contribution in [0.2, 0.25) is 5.02 Å². The van der Waals surface area contributed by atoms with Crippen LogP contribution in [0.1, 0.15) is 16.1 Å². The summed E-state index contributed by atoms with van der Waals surface area (Å²) in [5.74, 6) is 0.102. The second kappa shape index (κ2) is 6.56. The van der Waals surface area contributed by atoms with E-state index in [2.05, 4.69) is 41.6 Å². The molecule has 0 spiro atoms. The molecule has 0 bridgehead atoms. The van der Waals surface area contributed by atoms with Crippen LogP contribution in [0.4, 0.5) is 5.69 Å². The summed E-state index contributed by atoms with van der Waals surface area (Å²) in [6.45, 7) is 0. The number of carbonyl (C=O) groups is 1. The summed E-state index contributed by atoms with van der Waals surface area (Å²) in [5.41, 5.74) is 0.837. The van der Waals surface area contributed by atoms with E-state index in [-0.39, 0.29) is 0 Å². The van der Waals surface area contributed by atoms with Gasteiger partial charge in [0.25, 0.3) is 0 Å². The van der Waals surface area contributed by atoms with Crippen molar-refractivity contribution in [3.63, 3.8) is 0 Å². The highest BCUT2D eigenvalue weighted by Gasteiger charge is 2.09. The average molecular weight is 421 g/mol. The number of halogens is 3. The summed E-state index contributed by atoms with van der Waals surface area (Å²) < 4.78 is 11.4. The summed E-state index contributed by atoms with van der Waals surface area (Å²) in [5, 5.41) is 0.429. The molecule has 0 amide bonds. The molecule has 0 aliphatic heterocycles. The Kier molecular flexibility index (Phi) is 5.01. The van der Waals surface area contributed by atoms with Crippen LogP contribution in [0.5, 0.6) is 0 Å². The number of hydrogen-bond acceptors (Lipinski definition) is 4. The van der Waals surface area contributed by atoms with E-state index < -0.39 is 5.97 Å². The first-order valence-corrected chi connectivity index (χ1v) is 7.34. The monoisotopic (exact) mass is 419 g/mol. The Morgan fingerprint density at radius 2 is 2.15 bits per heavy atom. The number of nitrogens with zero attached hydrogens (tertiary/aromatic N) is 1. The molecule has 0 unspecified atom stereocenters. The minimum atomic E-state index is -0.443. The molecule has 0 aliphatic carbocycles. The number of carbonyl (C=O) groups excluding carboxylic acids is 1. The molecule has 104 valence electrons. The van der Waals surface area contributed by atoms with Crippen LogP contribution in [0.25, 0.3) is 0 Å². The fraction of sp³-hybridized carbons (Fsp3) is 0.0769. The Labute approximate surface area is 137 Å². The van der Waals surface area contributed by atoms with Gasteiger partial charge in [0.15, 0.2) is 4.67 Å². The lowest BCUT2D eigenvalue weighted by atomic mass is 10.2. The first-order chi connectivity index (χ1) is 9.51. The maximum absolute atomic E-state index is 11.5. The van der Waals surface area contributed by atoms with Gasteiger partial charge in [-0.1, -0.05) is 11.6 Å². The van der Waals surface area contributed by atoms with Crippen molar-refractivity contribution in [1.82, 2.24) is 0 Å². The highest BCUT2D eigenvalue weighted by Crippen LogP contribution is 2.28. The smallest absolute Gasteiger partial charge is 0.337 e. The summed E-state index contributed by atoms with van der Waals surface area (Å²) >= 11 is 12.6. The number of aliphatic imine (C=N–C) groups is 1. The van der Waals surface area contributed by atoms with Gasteiger partial charge in [0.05, 0.1) is 34.1 Å². The molecular formula is C13H8Br2ClNO3. The first kappa shape index (κ1) is 15.3. The molecule has 1 heterocycles. The Hall–Kier alpha value is -1.11. The molecule has 0 atom stereocenters. The predicted molar refractivity (Wildman–Crippen MR) is 84.2 cm³/mol. The van der Waals surface area contributed by atoms with E-state index in [0.29, 0.717) is 26.7 Å². The lowest BCUT2D eigenvalue weighted by Crippen LogP contribution is -2.00. The minimum absolute atomic E-state index is 0.380. The molecule has 0 saturated heterocycles. The zero-order valence-corrected chi connectivity index (χ0v) is 14.1. The van der Waals surface area contributed by atoms with Crippen LogP contribution in [0, 0.1) is 0 Å². The van der Waals surface area contributed by atoms with E-state index in [1.165, 1.54) is 13.3 Å². The van der Waals surface area contributed by atoms with Gasteiger partial charge in [-0.3, -0.25) is 4.99 Å². The minimum Gasteiger partial charge on any atom is -0.465 e. The van der Waals surface area contributed by atoms with Crippen molar-refractivity contribution in [2.45, 2.75) is 0 Å². The summed E-state index contributed by atoms with van der Waals surface area (Å²) in [7, 11) is 1.32. The largest absolute Gasteiger partial charge is 0.465 e. The van der Waals surface area contributed by atoms with Gasteiger partial charge in [0.2, 0.25) is 0 Å². The van der Waals surface area contributed by atoms with Crippen LogP contribution >= 0.6 is 43.5 Å². The second-order valence-electron chi connectivity index (χ2n) is 3.69. The Balaban J connectivity index is 2.30. The van der Waals surface area contributed by atoms with Crippen molar-refractivity contribution >= 4 is 61.3 Å². The average Bonchev–Trinajstić information content (AvgIpc) is 2.76. The van der Waals surface area contributed by atoms with Crippen LogP contribution in [0.15, 0.2) is 42.8 Å². The molecule has 1 aromatic heterocycles. The normalized spacial score (nSPS) is 11.0. The third kappa shape index (κ3) is 3.50. The third-order valence-electron chi connectivity index (χ3n) is 2.36. The Morgan fingerprint density at radius 3 is 2.75 bits per heavy atom. The molecule has 0 N–H and O–H groups in total. The molecule has 2 rings (SSSR count). The third-order valence-corrected chi connectivity index (χ3v) is 4.39. The van der Waals surface area contributed by atoms with Crippen molar-refractivity contribution in [3.05, 3.63) is 49.8 Å². The number of benzene rings is 1. The molecule has 0 saturated carbocycles. The van der Waals surface area contributed by atoms with Crippen LogP contribution in [-0.4, -0.2) is 19.3 Å². The molecule has 7 heteroatoms. The van der Waals surface area contributed by atoms with Gasteiger partial charge in [0.1, 0.15) is 5.76 Å². The Bertz CT molecular complexity index is 663. The fourth-order valence-corrected chi connectivity index (χ4v) is 2.19. The molecule has 0 aliphatic rings. The summed E-state index contributed by atoms with van der Waals surface area (Å²) in [6.07, 6.45) is 1.51. The number of methoxy groups -OCH3 is 1. The van der Waals surface area contributed by atoms with Gasteiger partial charge in [-0.15, -0.1) is 0 Å². The zero-order valence-electron chi connectivity index (χ0n) is 10.2. The predicted octanol–water partition coefficient (Wildman–Crippen LogP) is 5.00. The number of hydrogen-bond donors (Lipinski definition) is 0. The van der Waals surface area contributed by atoms with Crippen molar-refractivity contribution in [1.29, 1.82) is 0 Å². The quantitative estimate of drug-likeness (QED) is 0.518. The molecule has 0 fully saturated rings. The lowest BCUT2D eigenvalue weighted by Gasteiger charge is -2.02. The highest BCUT2D eigenvalue weighted by atomic mass is 79.9. The molecule has 0 radical (unpaired) electrons. The highest BCUT2D eigenvalue weighted by molar-refractivity contribution is 9.13. The SMILES string of the molecule is COC(=O)c1ccc(Cl)c(N=Cc2cc(Br)c(Br)o2)c1. The molecule has 2 aromatic rings. The second-order valence-corrected chi connectivity index (χ2v) is 5.67. The molecule has 4 nitrogen and oxygen atoms in total. The van der Waals surface area contributed by atoms with Crippen molar-refractivity contribution < 1.29 is 13.9 Å². The topological polar surface area (TPSA) is 51.8 Å². The van der Waals surface area contributed by atoms with Gasteiger partial charge in [-0.25, -0.2) is 4.79 Å². The van der Waals surface area contributed by atoms with Gasteiger partial charge in [0, 0.05) is 6.07 Å². The zero-order chi connectivity index (χ0) is 14.7. The van der Waals surface area contributed by atoms with Crippen LogP contribution in [-0.2, 0) is 4.74 Å². The summed E-state index contributed by atoms with van der Waals surface area (Å²) in [4.78, 5) is 15.7. The van der Waals surface area contributed by atoms with Gasteiger partial charge >= 0.3 is 5.97 Å². The maximum atomic E-state index is 11.5. The molecule has 1 aromatic carbocycles. The Morgan fingerprint density at radius 1 is 1.40 bits per heavy atom. The fourth-order valence-electron chi connectivity index (χ4n) is 1.42. The van der Waals surface area contributed by atoms with Crippen molar-refractivity contribution in [2.24, 2.45) is 4.99 Å². The number of esters is 1. The van der Waals surface area contributed by atoms with Crippen molar-refractivity contribution in [3.8, 4) is 0 Å². The van der Waals surface area contributed by atoms with Crippen LogP contribution in [0.3, 0.4) is 0 Å². The number of rotatable bonds is 3. The maximum Gasteiger partial charge on any atom is 0.337 e. The number of furan rings is 1. The number of ether oxygens (including phenoxy) is 1. The van der Waals surface area contributed by atoms with E-state index >= 15 is 0 Å². The van der Waals surface area contributed by atoms with E-state index in [4.69, 9.17) is 16.0 Å². The van der Waals surface area contributed by atoms with Crippen molar-refractivity contribution in [2.75, 3.05) is 7.11 Å². The van der Waals surface area contributed by atoms with E-state index in [1.807, 2.05) is 0 Å². The standard InChI is InChI=1S/C13H8Br2ClNO3/c1-19-13(18)7-2-3-10(16)11(4-7)17-6-8-5-9(14)12(15)20-8/h2-6H,1H3. The molecule has 20 heavy (non-hydrogen) atoms. The summed E-state index contributed by atoms with van der Waals surface area (Å²) in [6, 6.07) is 6.48. The van der Waals surface area contributed by atoms with Gasteiger partial charge in [-0.2, -0.15) is 0 Å².